The predicted octanol–water partition coefficient (Wildman–Crippen LogP) is 1.30. The highest BCUT2D eigenvalue weighted by Gasteiger charge is 2.45. The minimum absolute atomic E-state index is 0. The van der Waals surface area contributed by atoms with Gasteiger partial charge >= 0.3 is 5.97 Å². The zero-order valence-electron chi connectivity index (χ0n) is 22.4. The van der Waals surface area contributed by atoms with Gasteiger partial charge in [0, 0.05) is 0 Å². The zero-order valence-corrected chi connectivity index (χ0v) is 23.2. The summed E-state index contributed by atoms with van der Waals surface area (Å²) in [4.78, 5) is 25.4. The van der Waals surface area contributed by atoms with E-state index in [9.17, 15) is 35.1 Å². The molecule has 0 spiro atoms. The third kappa shape index (κ3) is 8.05. The average molecular weight is 604 g/mol. The summed E-state index contributed by atoms with van der Waals surface area (Å²) in [6.45, 7) is -0.649. The fraction of sp³-hybridized carbons (Fsp3) is 0.333. The molecule has 0 saturated carbocycles. The molecule has 42 heavy (non-hydrogen) atoms. The molecular formula is C30H34ClNO10. The van der Waals surface area contributed by atoms with Crippen LogP contribution in [0.15, 0.2) is 84.7 Å². The van der Waals surface area contributed by atoms with Gasteiger partial charge in [-0.05, 0) is 54.7 Å². The molecule has 1 saturated heterocycles. The third-order valence-electron chi connectivity index (χ3n) is 6.76. The Hall–Kier alpha value is -3.55. The third-order valence-corrected chi connectivity index (χ3v) is 6.76. The minimum Gasteiger partial charge on any atom is -0.507 e. The number of benzene rings is 2. The highest BCUT2D eigenvalue weighted by atomic mass is 35.5. The molecule has 1 heterocycles. The smallest absolute Gasteiger partial charge is 0.328 e. The van der Waals surface area contributed by atoms with Crippen molar-refractivity contribution in [3.8, 4) is 11.5 Å². The SMILES string of the molecule is Cl.N[C@@H](Cc1ccccc1)C(=O)OC1=CCC(C=CC(=O)c2c(O)cccc2O[C@@H]2O[C@H](CO)[C@@H](O)[C@H](O)[C@H]2O)C=C1. The normalized spacial score (nSPS) is 26.2. The highest BCUT2D eigenvalue weighted by molar-refractivity contribution is 6.08. The molecule has 11 nitrogen and oxygen atoms in total. The van der Waals surface area contributed by atoms with E-state index >= 15 is 0 Å². The van der Waals surface area contributed by atoms with Crippen molar-refractivity contribution in [2.45, 2.75) is 49.6 Å². The second-order valence-electron chi connectivity index (χ2n) is 9.77. The molecule has 0 bridgehead atoms. The van der Waals surface area contributed by atoms with Crippen LogP contribution in [-0.2, 0) is 20.7 Å². The van der Waals surface area contributed by atoms with Crippen LogP contribution in [0.25, 0.3) is 0 Å². The molecule has 1 aliphatic heterocycles. The molecule has 0 radical (unpaired) electrons. The minimum atomic E-state index is -1.69. The topological polar surface area (TPSA) is 189 Å². The highest BCUT2D eigenvalue weighted by Crippen LogP contribution is 2.32. The fourth-order valence-corrected chi connectivity index (χ4v) is 4.43. The summed E-state index contributed by atoms with van der Waals surface area (Å²) in [6, 6.07) is 12.6. The van der Waals surface area contributed by atoms with Crippen molar-refractivity contribution < 1.29 is 49.3 Å². The van der Waals surface area contributed by atoms with Crippen LogP contribution in [0.3, 0.4) is 0 Å². The first-order valence-electron chi connectivity index (χ1n) is 13.1. The van der Waals surface area contributed by atoms with Crippen molar-refractivity contribution in [2.75, 3.05) is 6.61 Å². The summed E-state index contributed by atoms with van der Waals surface area (Å²) >= 11 is 0. The van der Waals surface area contributed by atoms with Crippen LogP contribution in [0.1, 0.15) is 22.3 Å². The molecule has 1 aliphatic carbocycles. The number of ketones is 1. The number of ether oxygens (including phenoxy) is 3. The summed E-state index contributed by atoms with van der Waals surface area (Å²) in [5.74, 6) is -1.54. The van der Waals surface area contributed by atoms with Crippen molar-refractivity contribution in [3.05, 3.63) is 95.8 Å². The Kier molecular flexibility index (Phi) is 11.8. The van der Waals surface area contributed by atoms with Crippen LogP contribution in [0, 0.1) is 5.92 Å². The van der Waals surface area contributed by atoms with Crippen LogP contribution in [0.5, 0.6) is 11.5 Å². The number of nitrogens with two attached hydrogens (primary N) is 1. The summed E-state index contributed by atoms with van der Waals surface area (Å²) in [5, 5.41) is 50.0. The second-order valence-corrected chi connectivity index (χ2v) is 9.77. The molecule has 2 aromatic rings. The quantitative estimate of drug-likeness (QED) is 0.130. The number of hydrogen-bond acceptors (Lipinski definition) is 11. The summed E-state index contributed by atoms with van der Waals surface area (Å²) < 4.78 is 16.3. The van der Waals surface area contributed by atoms with Crippen molar-refractivity contribution in [1.29, 1.82) is 0 Å². The van der Waals surface area contributed by atoms with E-state index in [0.717, 1.165) is 5.56 Å². The lowest BCUT2D eigenvalue weighted by Crippen LogP contribution is -2.60. The average Bonchev–Trinajstić information content (AvgIpc) is 2.97. The summed E-state index contributed by atoms with van der Waals surface area (Å²) in [5.41, 5.74) is 6.70. The Balaban J connectivity index is 0.00000484. The number of esters is 1. The van der Waals surface area contributed by atoms with Crippen molar-refractivity contribution in [1.82, 2.24) is 0 Å². The number of rotatable bonds is 10. The maximum absolute atomic E-state index is 13.0. The number of carbonyl (C=O) groups excluding carboxylic acids is 2. The monoisotopic (exact) mass is 603 g/mol. The molecule has 4 rings (SSSR count). The van der Waals surface area contributed by atoms with Crippen LogP contribution in [0.2, 0.25) is 0 Å². The number of carbonyl (C=O) groups is 2. The molecule has 2 aromatic carbocycles. The maximum Gasteiger partial charge on any atom is 0.328 e. The van der Waals surface area contributed by atoms with Gasteiger partial charge in [-0.25, -0.2) is 4.79 Å². The first-order chi connectivity index (χ1) is 19.7. The van der Waals surface area contributed by atoms with E-state index in [1.807, 2.05) is 30.3 Å². The van der Waals surface area contributed by atoms with Gasteiger partial charge in [-0.2, -0.15) is 0 Å². The Morgan fingerprint density at radius 2 is 1.79 bits per heavy atom. The van der Waals surface area contributed by atoms with E-state index in [1.165, 1.54) is 24.3 Å². The Morgan fingerprint density at radius 1 is 1.05 bits per heavy atom. The standard InChI is InChI=1S/C30H33NO10.ClH/c31-20(15-18-5-2-1-3-6-18)29(38)39-19-12-9-17(10-13-19)11-14-22(34)25-21(33)7-4-8-23(25)40-30-28(37)27(36)26(35)24(16-32)41-30;/h1-9,11-14,17,20,24,26-28,30,32-33,35-37H,10,15-16,31H2;1H/t17?,20-,24+,26+,27-,28+,30+;/m0./s1. The van der Waals surface area contributed by atoms with E-state index < -0.39 is 55.1 Å². The number of halogens is 1. The van der Waals surface area contributed by atoms with Crippen LogP contribution >= 0.6 is 12.4 Å². The van der Waals surface area contributed by atoms with E-state index in [2.05, 4.69) is 0 Å². The summed E-state index contributed by atoms with van der Waals surface area (Å²) in [7, 11) is 0. The lowest BCUT2D eigenvalue weighted by Gasteiger charge is -2.39. The number of aromatic hydroxyl groups is 1. The van der Waals surface area contributed by atoms with Gasteiger partial charge in [-0.1, -0.05) is 48.6 Å². The van der Waals surface area contributed by atoms with E-state index in [1.54, 1.807) is 24.3 Å². The summed E-state index contributed by atoms with van der Waals surface area (Å²) in [6.07, 6.45) is 1.06. The first-order valence-corrected chi connectivity index (χ1v) is 13.1. The van der Waals surface area contributed by atoms with Gasteiger partial charge in [0.15, 0.2) is 5.78 Å². The van der Waals surface area contributed by atoms with E-state index in [-0.39, 0.29) is 35.4 Å². The lowest BCUT2D eigenvalue weighted by atomic mass is 9.98. The first kappa shape index (κ1) is 33.0. The van der Waals surface area contributed by atoms with E-state index in [0.29, 0.717) is 18.6 Å². The Labute approximate surface area is 248 Å². The maximum atomic E-state index is 13.0. The molecule has 0 aromatic heterocycles. The number of aliphatic hydroxyl groups is 4. The molecule has 2 aliphatic rings. The number of allylic oxidation sites excluding steroid dienone is 5. The van der Waals surface area contributed by atoms with Gasteiger partial charge in [0.25, 0.3) is 0 Å². The Morgan fingerprint density at radius 3 is 2.45 bits per heavy atom. The van der Waals surface area contributed by atoms with Crippen molar-refractivity contribution in [3.63, 3.8) is 0 Å². The van der Waals surface area contributed by atoms with Gasteiger partial charge in [-0.3, -0.25) is 4.79 Å². The van der Waals surface area contributed by atoms with Gasteiger partial charge in [0.1, 0.15) is 53.3 Å². The molecule has 0 amide bonds. The lowest BCUT2D eigenvalue weighted by molar-refractivity contribution is -0.277. The van der Waals surface area contributed by atoms with Gasteiger partial charge < -0.3 is 45.5 Å². The fourth-order valence-electron chi connectivity index (χ4n) is 4.43. The van der Waals surface area contributed by atoms with Crippen LogP contribution in [-0.4, -0.2) is 80.6 Å². The molecule has 226 valence electrons. The number of hydrogen-bond donors (Lipinski definition) is 6. The molecule has 12 heteroatoms. The number of aliphatic hydroxyl groups excluding tert-OH is 4. The van der Waals surface area contributed by atoms with Crippen molar-refractivity contribution in [2.24, 2.45) is 11.7 Å². The van der Waals surface area contributed by atoms with Gasteiger partial charge in [0.2, 0.25) is 6.29 Å². The second kappa shape index (κ2) is 15.1. The van der Waals surface area contributed by atoms with Crippen molar-refractivity contribution >= 4 is 24.2 Å². The van der Waals surface area contributed by atoms with Gasteiger partial charge in [-0.15, -0.1) is 12.4 Å². The molecule has 7 atom stereocenters. The predicted molar refractivity (Wildman–Crippen MR) is 153 cm³/mol. The van der Waals surface area contributed by atoms with Crippen LogP contribution in [0.4, 0.5) is 0 Å². The molecule has 1 unspecified atom stereocenters. The number of phenols is 1. The largest absolute Gasteiger partial charge is 0.507 e. The number of phenolic OH excluding ortho intramolecular Hbond substituents is 1. The molecular weight excluding hydrogens is 570 g/mol. The van der Waals surface area contributed by atoms with Gasteiger partial charge in [0.05, 0.1) is 6.61 Å². The molecule has 1 fully saturated rings. The zero-order chi connectivity index (χ0) is 29.5. The van der Waals surface area contributed by atoms with Crippen LogP contribution < -0.4 is 10.5 Å². The molecule has 7 N–H and O–H groups in total. The Bertz CT molecular complexity index is 1310. The van der Waals surface area contributed by atoms with E-state index in [4.69, 9.17) is 19.9 Å².